The number of hydrogen-bond acceptors (Lipinski definition) is 3. The topological polar surface area (TPSA) is 38.7 Å². The van der Waals surface area contributed by atoms with E-state index in [0.29, 0.717) is 6.61 Å². The lowest BCUT2D eigenvalue weighted by atomic mass is 10.0. The molecule has 18 heavy (non-hydrogen) atoms. The van der Waals surface area contributed by atoms with Crippen LogP contribution in [0.3, 0.4) is 0 Å². The van der Waals surface area contributed by atoms with Gasteiger partial charge in [-0.15, -0.1) is 0 Å². The van der Waals surface area contributed by atoms with Crippen LogP contribution in [0.4, 0.5) is 0 Å². The summed E-state index contributed by atoms with van der Waals surface area (Å²) in [7, 11) is 1.65. The van der Waals surface area contributed by atoms with Crippen molar-refractivity contribution < 1.29 is 14.6 Å². The predicted octanol–water partition coefficient (Wildman–Crippen LogP) is 2.73. The van der Waals surface area contributed by atoms with Crippen molar-refractivity contribution >= 4 is 0 Å². The molecular formula is C15H16O3. The number of rotatable bonds is 5. The number of benzene rings is 2. The summed E-state index contributed by atoms with van der Waals surface area (Å²) in [6.45, 7) is 0.310. The third kappa shape index (κ3) is 2.81. The molecule has 0 atom stereocenters. The molecular weight excluding hydrogens is 228 g/mol. The number of aliphatic hydroxyl groups is 1. The maximum atomic E-state index is 8.82. The molecule has 0 aliphatic carbocycles. The van der Waals surface area contributed by atoms with Gasteiger partial charge in [-0.1, -0.05) is 30.3 Å². The third-order valence-electron chi connectivity index (χ3n) is 2.64. The highest BCUT2D eigenvalue weighted by molar-refractivity contribution is 5.70. The second-order valence-corrected chi connectivity index (χ2v) is 3.80. The average molecular weight is 244 g/mol. The first kappa shape index (κ1) is 12.5. The van der Waals surface area contributed by atoms with Crippen molar-refractivity contribution in [1.82, 2.24) is 0 Å². The van der Waals surface area contributed by atoms with Crippen LogP contribution < -0.4 is 9.47 Å². The van der Waals surface area contributed by atoms with Gasteiger partial charge in [-0.2, -0.15) is 0 Å². The Kier molecular flexibility index (Phi) is 4.20. The number of methoxy groups -OCH3 is 1. The molecule has 0 amide bonds. The van der Waals surface area contributed by atoms with Gasteiger partial charge in [-0.05, 0) is 23.8 Å². The Balaban J connectivity index is 2.30. The molecule has 0 fully saturated rings. The van der Waals surface area contributed by atoms with Gasteiger partial charge in [0.05, 0.1) is 13.7 Å². The molecule has 0 unspecified atom stereocenters. The summed E-state index contributed by atoms with van der Waals surface area (Å²) < 4.78 is 10.7. The fourth-order valence-corrected chi connectivity index (χ4v) is 1.76. The normalized spacial score (nSPS) is 10.1. The van der Waals surface area contributed by atoms with Crippen LogP contribution in [-0.2, 0) is 0 Å². The minimum absolute atomic E-state index is 0.0109. The fraction of sp³-hybridized carbons (Fsp3) is 0.200. The van der Waals surface area contributed by atoms with Crippen molar-refractivity contribution in [2.24, 2.45) is 0 Å². The van der Waals surface area contributed by atoms with Gasteiger partial charge in [-0.25, -0.2) is 0 Å². The molecule has 3 nitrogen and oxygen atoms in total. The molecule has 1 N–H and O–H groups in total. The maximum Gasteiger partial charge on any atom is 0.127 e. The molecule has 2 aromatic carbocycles. The Morgan fingerprint density at radius 2 is 1.72 bits per heavy atom. The SMILES string of the molecule is COc1ccc(-c2ccccc2OCCO)cc1. The third-order valence-corrected chi connectivity index (χ3v) is 2.64. The maximum absolute atomic E-state index is 8.82. The summed E-state index contributed by atoms with van der Waals surface area (Å²) in [4.78, 5) is 0. The Morgan fingerprint density at radius 1 is 1.00 bits per heavy atom. The Hall–Kier alpha value is -2.00. The minimum atomic E-state index is 0.0109. The second kappa shape index (κ2) is 6.07. The molecule has 0 bridgehead atoms. The highest BCUT2D eigenvalue weighted by Gasteiger charge is 2.05. The van der Waals surface area contributed by atoms with Gasteiger partial charge in [0.2, 0.25) is 0 Å². The Labute approximate surface area is 107 Å². The van der Waals surface area contributed by atoms with Gasteiger partial charge in [0.15, 0.2) is 0 Å². The summed E-state index contributed by atoms with van der Waals surface area (Å²) in [5.41, 5.74) is 2.07. The summed E-state index contributed by atoms with van der Waals surface area (Å²) in [5.74, 6) is 1.60. The zero-order valence-corrected chi connectivity index (χ0v) is 10.3. The van der Waals surface area contributed by atoms with E-state index in [4.69, 9.17) is 14.6 Å². The standard InChI is InChI=1S/C15H16O3/c1-17-13-8-6-12(7-9-13)14-4-2-3-5-15(14)18-11-10-16/h2-9,16H,10-11H2,1H3. The molecule has 0 heterocycles. The first-order chi connectivity index (χ1) is 8.85. The van der Waals surface area contributed by atoms with E-state index >= 15 is 0 Å². The highest BCUT2D eigenvalue weighted by atomic mass is 16.5. The lowest BCUT2D eigenvalue weighted by molar-refractivity contribution is 0.202. The first-order valence-corrected chi connectivity index (χ1v) is 5.82. The van der Waals surface area contributed by atoms with Crippen LogP contribution in [0.5, 0.6) is 11.5 Å². The lowest BCUT2D eigenvalue weighted by Crippen LogP contribution is -2.02. The van der Waals surface area contributed by atoms with E-state index in [-0.39, 0.29) is 6.61 Å². The van der Waals surface area contributed by atoms with Crippen LogP contribution in [-0.4, -0.2) is 25.4 Å². The minimum Gasteiger partial charge on any atom is -0.497 e. The van der Waals surface area contributed by atoms with Gasteiger partial charge in [0.25, 0.3) is 0 Å². The zero-order chi connectivity index (χ0) is 12.8. The molecule has 0 aromatic heterocycles. The highest BCUT2D eigenvalue weighted by Crippen LogP contribution is 2.30. The van der Waals surface area contributed by atoms with E-state index in [2.05, 4.69) is 0 Å². The number of aliphatic hydroxyl groups excluding tert-OH is 1. The lowest BCUT2D eigenvalue weighted by Gasteiger charge is -2.11. The van der Waals surface area contributed by atoms with E-state index in [9.17, 15) is 0 Å². The van der Waals surface area contributed by atoms with Crippen LogP contribution in [0.15, 0.2) is 48.5 Å². The monoisotopic (exact) mass is 244 g/mol. The van der Waals surface area contributed by atoms with Crippen molar-refractivity contribution in [3.8, 4) is 22.6 Å². The van der Waals surface area contributed by atoms with Crippen LogP contribution in [0.25, 0.3) is 11.1 Å². The van der Waals surface area contributed by atoms with E-state index in [1.54, 1.807) is 7.11 Å². The van der Waals surface area contributed by atoms with Crippen molar-refractivity contribution in [2.45, 2.75) is 0 Å². The first-order valence-electron chi connectivity index (χ1n) is 5.82. The fourth-order valence-electron chi connectivity index (χ4n) is 1.76. The summed E-state index contributed by atoms with van der Waals surface area (Å²) in [6.07, 6.45) is 0. The van der Waals surface area contributed by atoms with Crippen LogP contribution in [0.2, 0.25) is 0 Å². The Bertz CT molecular complexity index is 491. The molecule has 0 aliphatic rings. The van der Waals surface area contributed by atoms with Gasteiger partial charge < -0.3 is 14.6 Å². The van der Waals surface area contributed by atoms with Crippen LogP contribution >= 0.6 is 0 Å². The summed E-state index contributed by atoms with van der Waals surface area (Å²) >= 11 is 0. The Morgan fingerprint density at radius 3 is 2.39 bits per heavy atom. The van der Waals surface area contributed by atoms with E-state index in [0.717, 1.165) is 22.6 Å². The quantitative estimate of drug-likeness (QED) is 0.879. The smallest absolute Gasteiger partial charge is 0.127 e. The van der Waals surface area contributed by atoms with Crippen molar-refractivity contribution in [2.75, 3.05) is 20.3 Å². The van der Waals surface area contributed by atoms with E-state index < -0.39 is 0 Å². The van der Waals surface area contributed by atoms with Crippen molar-refractivity contribution in [3.05, 3.63) is 48.5 Å². The molecule has 0 saturated carbocycles. The van der Waals surface area contributed by atoms with Crippen LogP contribution in [0.1, 0.15) is 0 Å². The van der Waals surface area contributed by atoms with Gasteiger partial charge >= 0.3 is 0 Å². The van der Waals surface area contributed by atoms with E-state index in [1.165, 1.54) is 0 Å². The predicted molar refractivity (Wildman–Crippen MR) is 71.0 cm³/mol. The largest absolute Gasteiger partial charge is 0.497 e. The van der Waals surface area contributed by atoms with Gasteiger partial charge in [-0.3, -0.25) is 0 Å². The average Bonchev–Trinajstić information content (AvgIpc) is 2.45. The number of para-hydroxylation sites is 1. The molecule has 0 spiro atoms. The van der Waals surface area contributed by atoms with E-state index in [1.807, 2.05) is 48.5 Å². The molecule has 2 aromatic rings. The molecule has 94 valence electrons. The number of hydrogen-bond donors (Lipinski definition) is 1. The van der Waals surface area contributed by atoms with Gasteiger partial charge in [0.1, 0.15) is 18.1 Å². The van der Waals surface area contributed by atoms with Crippen LogP contribution in [0, 0.1) is 0 Å². The molecule has 0 radical (unpaired) electrons. The van der Waals surface area contributed by atoms with Crippen molar-refractivity contribution in [1.29, 1.82) is 0 Å². The summed E-state index contributed by atoms with van der Waals surface area (Å²) in [6, 6.07) is 15.6. The van der Waals surface area contributed by atoms with Gasteiger partial charge in [0, 0.05) is 5.56 Å². The molecule has 3 heteroatoms. The number of ether oxygens (including phenoxy) is 2. The molecule has 0 aliphatic heterocycles. The molecule has 0 saturated heterocycles. The second-order valence-electron chi connectivity index (χ2n) is 3.80. The van der Waals surface area contributed by atoms with Crippen molar-refractivity contribution in [3.63, 3.8) is 0 Å². The molecule has 2 rings (SSSR count). The zero-order valence-electron chi connectivity index (χ0n) is 10.3. The summed E-state index contributed by atoms with van der Waals surface area (Å²) in [5, 5.41) is 8.82.